The molecule has 2 N–H and O–H groups in total. The minimum atomic E-state index is 0.377. The van der Waals surface area contributed by atoms with Gasteiger partial charge in [0.15, 0.2) is 5.82 Å². The van der Waals surface area contributed by atoms with Crippen molar-refractivity contribution < 1.29 is 0 Å². The van der Waals surface area contributed by atoms with Gasteiger partial charge in [-0.3, -0.25) is 14.6 Å². The third kappa shape index (κ3) is 3.68. The van der Waals surface area contributed by atoms with Crippen molar-refractivity contribution in [1.29, 1.82) is 5.26 Å². The summed E-state index contributed by atoms with van der Waals surface area (Å²) in [5.74, 6) is 2.36. The number of pyridine rings is 2. The average molecular weight is 403 g/mol. The van der Waals surface area contributed by atoms with Crippen LogP contribution in [0.3, 0.4) is 0 Å². The van der Waals surface area contributed by atoms with E-state index in [4.69, 9.17) is 10.2 Å². The highest BCUT2D eigenvalue weighted by molar-refractivity contribution is 5.91. The van der Waals surface area contributed by atoms with Gasteiger partial charge in [0.2, 0.25) is 0 Å². The van der Waals surface area contributed by atoms with E-state index in [1.165, 1.54) is 12.8 Å². The van der Waals surface area contributed by atoms with Gasteiger partial charge in [0, 0.05) is 68.1 Å². The monoisotopic (exact) mass is 402 g/mol. The van der Waals surface area contributed by atoms with Crippen LogP contribution in [0.2, 0.25) is 0 Å². The first-order chi connectivity index (χ1) is 14.7. The van der Waals surface area contributed by atoms with Crippen molar-refractivity contribution in [1.82, 2.24) is 24.6 Å². The number of nitriles is 1. The highest BCUT2D eigenvalue weighted by atomic mass is 15.3. The summed E-state index contributed by atoms with van der Waals surface area (Å²) in [7, 11) is 1.89. The molecule has 2 unspecified atom stereocenters. The van der Waals surface area contributed by atoms with E-state index in [9.17, 15) is 0 Å². The lowest BCUT2D eigenvalue weighted by molar-refractivity contribution is 0.136. The second kappa shape index (κ2) is 7.92. The molecule has 3 aromatic rings. The molecule has 0 saturated carbocycles. The first kappa shape index (κ1) is 18.8. The number of hydrogen-bond acceptors (Lipinski definition) is 7. The standard InChI is InChI=1S/C22H26N8/c1-29-11-7-20(28-29)26-21-14-19-18(4-2-9-24-19)22(27-21)25-15-12-16-5-6-17(13-15)30(16)10-3-8-23/h2,4,7,9,11,14-17H,3,5-6,10,12-13H2,1H3,(H2,25,26,27,28). The Balaban J connectivity index is 1.38. The van der Waals surface area contributed by atoms with Gasteiger partial charge in [-0.25, -0.2) is 4.98 Å². The van der Waals surface area contributed by atoms with Gasteiger partial charge in [0.25, 0.3) is 0 Å². The summed E-state index contributed by atoms with van der Waals surface area (Å²) in [6.45, 7) is 0.896. The zero-order valence-corrected chi connectivity index (χ0v) is 17.1. The van der Waals surface area contributed by atoms with Crippen molar-refractivity contribution >= 4 is 28.4 Å². The van der Waals surface area contributed by atoms with Crippen molar-refractivity contribution in [3.63, 3.8) is 0 Å². The fourth-order valence-electron chi connectivity index (χ4n) is 4.99. The van der Waals surface area contributed by atoms with Crippen LogP contribution in [0.5, 0.6) is 0 Å². The molecule has 0 radical (unpaired) electrons. The number of piperidine rings is 1. The highest BCUT2D eigenvalue weighted by Crippen LogP contribution is 2.37. The largest absolute Gasteiger partial charge is 0.367 e. The molecule has 2 fully saturated rings. The molecule has 8 heteroatoms. The van der Waals surface area contributed by atoms with Crippen LogP contribution < -0.4 is 10.6 Å². The van der Waals surface area contributed by atoms with Crippen LogP contribution in [0.1, 0.15) is 32.1 Å². The molecule has 0 spiro atoms. The molecule has 0 amide bonds. The number of nitrogens with zero attached hydrogens (tertiary/aromatic N) is 6. The lowest BCUT2D eigenvalue weighted by Gasteiger charge is -2.39. The van der Waals surface area contributed by atoms with Gasteiger partial charge in [-0.1, -0.05) is 0 Å². The van der Waals surface area contributed by atoms with Crippen LogP contribution in [0.15, 0.2) is 36.7 Å². The van der Waals surface area contributed by atoms with Crippen LogP contribution in [0, 0.1) is 11.3 Å². The van der Waals surface area contributed by atoms with Crippen LogP contribution in [-0.2, 0) is 7.05 Å². The topological polar surface area (TPSA) is 94.7 Å². The Kier molecular flexibility index (Phi) is 4.97. The van der Waals surface area contributed by atoms with Crippen molar-refractivity contribution in [2.45, 2.75) is 50.2 Å². The number of anilines is 3. The summed E-state index contributed by atoms with van der Waals surface area (Å²) >= 11 is 0. The Hall–Kier alpha value is -3.18. The average Bonchev–Trinajstić information content (AvgIpc) is 3.25. The van der Waals surface area contributed by atoms with Gasteiger partial charge in [-0.2, -0.15) is 10.4 Å². The number of rotatable bonds is 6. The molecule has 5 heterocycles. The van der Waals surface area contributed by atoms with Gasteiger partial charge in [-0.05, 0) is 37.8 Å². The molecule has 2 bridgehead atoms. The molecule has 5 rings (SSSR count). The van der Waals surface area contributed by atoms with Crippen molar-refractivity contribution in [3.8, 4) is 6.07 Å². The van der Waals surface area contributed by atoms with Gasteiger partial charge in [0.1, 0.15) is 11.6 Å². The maximum Gasteiger partial charge on any atom is 0.153 e. The van der Waals surface area contributed by atoms with Crippen molar-refractivity contribution in [2.75, 3.05) is 17.2 Å². The third-order valence-electron chi connectivity index (χ3n) is 6.28. The Morgan fingerprint density at radius 3 is 2.77 bits per heavy atom. The Morgan fingerprint density at radius 1 is 1.20 bits per heavy atom. The first-order valence-electron chi connectivity index (χ1n) is 10.6. The van der Waals surface area contributed by atoms with Crippen LogP contribution in [0.4, 0.5) is 17.5 Å². The molecule has 8 nitrogen and oxygen atoms in total. The van der Waals surface area contributed by atoms with Gasteiger partial charge >= 0.3 is 0 Å². The minimum Gasteiger partial charge on any atom is -0.367 e. The van der Waals surface area contributed by atoms with E-state index in [0.717, 1.165) is 47.7 Å². The van der Waals surface area contributed by atoms with Crippen LogP contribution >= 0.6 is 0 Å². The predicted molar refractivity (Wildman–Crippen MR) is 116 cm³/mol. The van der Waals surface area contributed by atoms with Crippen molar-refractivity contribution in [3.05, 3.63) is 36.7 Å². The molecule has 154 valence electrons. The summed E-state index contributed by atoms with van der Waals surface area (Å²) in [4.78, 5) is 12.0. The first-order valence-corrected chi connectivity index (χ1v) is 10.6. The summed E-state index contributed by atoms with van der Waals surface area (Å²) in [5.41, 5.74) is 0.905. The molecule has 0 aliphatic carbocycles. The summed E-state index contributed by atoms with van der Waals surface area (Å²) in [6.07, 6.45) is 8.95. The van der Waals surface area contributed by atoms with E-state index in [1.807, 2.05) is 37.6 Å². The molecular weight excluding hydrogens is 376 g/mol. The fraction of sp³-hybridized carbons (Fsp3) is 0.455. The number of fused-ring (bicyclic) bond motifs is 3. The fourth-order valence-corrected chi connectivity index (χ4v) is 4.99. The third-order valence-corrected chi connectivity index (χ3v) is 6.28. The molecule has 30 heavy (non-hydrogen) atoms. The van der Waals surface area contributed by atoms with Crippen LogP contribution in [-0.4, -0.2) is 49.3 Å². The summed E-state index contributed by atoms with van der Waals surface area (Å²) < 4.78 is 1.76. The summed E-state index contributed by atoms with van der Waals surface area (Å²) in [6, 6.07) is 11.7. The molecule has 2 aliphatic rings. The lowest BCUT2D eigenvalue weighted by atomic mass is 9.97. The molecule has 2 saturated heterocycles. The number of aryl methyl sites for hydroxylation is 1. The second-order valence-corrected chi connectivity index (χ2v) is 8.27. The number of nitrogens with one attached hydrogen (secondary N) is 2. The maximum atomic E-state index is 8.96. The molecule has 0 aromatic carbocycles. The Bertz CT molecular complexity index is 1070. The maximum absolute atomic E-state index is 8.96. The second-order valence-electron chi connectivity index (χ2n) is 8.27. The number of aromatic nitrogens is 4. The molecule has 2 aliphatic heterocycles. The predicted octanol–water partition coefficient (Wildman–Crippen LogP) is 3.43. The SMILES string of the molecule is Cn1ccc(Nc2cc3ncccc3c(NC3CC4CCC(C3)N4CCC#N)n2)n1. The quantitative estimate of drug-likeness (QED) is 0.652. The van der Waals surface area contributed by atoms with Gasteiger partial charge < -0.3 is 10.6 Å². The smallest absolute Gasteiger partial charge is 0.153 e. The highest BCUT2D eigenvalue weighted by Gasteiger charge is 2.40. The molecule has 2 atom stereocenters. The lowest BCUT2D eigenvalue weighted by Crippen LogP contribution is -2.47. The van der Waals surface area contributed by atoms with E-state index < -0.39 is 0 Å². The normalized spacial score (nSPS) is 23.4. The Morgan fingerprint density at radius 2 is 2.03 bits per heavy atom. The molecule has 3 aromatic heterocycles. The van der Waals surface area contributed by atoms with E-state index in [1.54, 1.807) is 4.68 Å². The number of hydrogen-bond donors (Lipinski definition) is 2. The zero-order chi connectivity index (χ0) is 20.5. The summed E-state index contributed by atoms with van der Waals surface area (Å²) in [5, 5.41) is 21.4. The zero-order valence-electron chi connectivity index (χ0n) is 17.1. The van der Waals surface area contributed by atoms with Crippen LogP contribution in [0.25, 0.3) is 10.9 Å². The van der Waals surface area contributed by atoms with Gasteiger partial charge in [0.05, 0.1) is 11.6 Å². The van der Waals surface area contributed by atoms with E-state index in [-0.39, 0.29) is 0 Å². The van der Waals surface area contributed by atoms with E-state index >= 15 is 0 Å². The van der Waals surface area contributed by atoms with Crippen molar-refractivity contribution in [2.24, 2.45) is 7.05 Å². The molecular formula is C22H26N8. The van der Waals surface area contributed by atoms with E-state index in [0.29, 0.717) is 24.5 Å². The van der Waals surface area contributed by atoms with E-state index in [2.05, 4.69) is 37.8 Å². The Labute approximate surface area is 175 Å². The minimum absolute atomic E-state index is 0.377. The van der Waals surface area contributed by atoms with Gasteiger partial charge in [-0.15, -0.1) is 0 Å².